The number of hydrogen-bond acceptors (Lipinski definition) is 2. The summed E-state index contributed by atoms with van der Waals surface area (Å²) in [4.78, 5) is 0. The van der Waals surface area contributed by atoms with E-state index in [0.717, 1.165) is 21.3 Å². The number of halogens is 1. The van der Waals surface area contributed by atoms with Crippen molar-refractivity contribution in [2.75, 3.05) is 6.61 Å². The summed E-state index contributed by atoms with van der Waals surface area (Å²) in [6.07, 6.45) is -0.472. The topological polar surface area (TPSA) is 29.5 Å². The summed E-state index contributed by atoms with van der Waals surface area (Å²) in [6, 6.07) is 3.99. The van der Waals surface area contributed by atoms with Crippen molar-refractivity contribution in [3.8, 4) is 5.75 Å². The van der Waals surface area contributed by atoms with Gasteiger partial charge in [0.15, 0.2) is 0 Å². The van der Waals surface area contributed by atoms with Gasteiger partial charge in [0.25, 0.3) is 0 Å². The van der Waals surface area contributed by atoms with E-state index in [1.165, 1.54) is 0 Å². The molecule has 1 aliphatic rings. The average Bonchev–Trinajstić information content (AvgIpc) is 2.47. The third kappa shape index (κ3) is 1.55. The first-order valence-corrected chi connectivity index (χ1v) is 5.53. The first kappa shape index (κ1) is 9.99. The van der Waals surface area contributed by atoms with Crippen LogP contribution in [0.25, 0.3) is 0 Å². The Morgan fingerprint density at radius 1 is 1.50 bits per heavy atom. The fourth-order valence-electron chi connectivity index (χ4n) is 1.73. The van der Waals surface area contributed by atoms with Crippen molar-refractivity contribution in [1.29, 1.82) is 0 Å². The van der Waals surface area contributed by atoms with Gasteiger partial charge < -0.3 is 9.84 Å². The van der Waals surface area contributed by atoms with Gasteiger partial charge in [0.2, 0.25) is 0 Å². The molecule has 2 nitrogen and oxygen atoms in total. The number of aliphatic hydroxyl groups excluding tert-OH is 1. The zero-order chi connectivity index (χ0) is 10.3. The first-order chi connectivity index (χ1) is 6.59. The van der Waals surface area contributed by atoms with Gasteiger partial charge in [0.1, 0.15) is 18.5 Å². The standard InChI is InChI=1S/C11H13BrO2/c1-6(2)8-3-7(12)4-9-10(13)5-14-11(8)9/h3-4,6,10,13H,5H2,1-2H3. The highest BCUT2D eigenvalue weighted by atomic mass is 79.9. The van der Waals surface area contributed by atoms with E-state index in [4.69, 9.17) is 4.74 Å². The monoisotopic (exact) mass is 256 g/mol. The quantitative estimate of drug-likeness (QED) is 0.838. The molecule has 0 saturated carbocycles. The fourth-order valence-corrected chi connectivity index (χ4v) is 2.22. The molecular formula is C11H13BrO2. The summed E-state index contributed by atoms with van der Waals surface area (Å²) < 4.78 is 6.49. The summed E-state index contributed by atoms with van der Waals surface area (Å²) in [5.41, 5.74) is 2.06. The maximum Gasteiger partial charge on any atom is 0.128 e. The largest absolute Gasteiger partial charge is 0.490 e. The number of rotatable bonds is 1. The molecule has 0 amide bonds. The molecule has 14 heavy (non-hydrogen) atoms. The predicted molar refractivity (Wildman–Crippen MR) is 58.7 cm³/mol. The van der Waals surface area contributed by atoms with Crippen LogP contribution < -0.4 is 4.74 Å². The van der Waals surface area contributed by atoms with Crippen LogP contribution in [0.15, 0.2) is 16.6 Å². The van der Waals surface area contributed by atoms with Crippen molar-refractivity contribution in [3.63, 3.8) is 0 Å². The van der Waals surface area contributed by atoms with Gasteiger partial charge in [0, 0.05) is 10.0 Å². The van der Waals surface area contributed by atoms with E-state index in [-0.39, 0.29) is 0 Å². The van der Waals surface area contributed by atoms with E-state index in [2.05, 4.69) is 35.8 Å². The number of ether oxygens (including phenoxy) is 1. The molecule has 1 N–H and O–H groups in total. The second-order valence-corrected chi connectivity index (χ2v) is 4.81. The second kappa shape index (κ2) is 3.55. The molecule has 1 unspecified atom stereocenters. The zero-order valence-corrected chi connectivity index (χ0v) is 9.84. The first-order valence-electron chi connectivity index (χ1n) is 4.73. The van der Waals surface area contributed by atoms with E-state index >= 15 is 0 Å². The average molecular weight is 257 g/mol. The van der Waals surface area contributed by atoms with Crippen LogP contribution in [-0.4, -0.2) is 11.7 Å². The van der Waals surface area contributed by atoms with Crippen molar-refractivity contribution in [2.45, 2.75) is 25.9 Å². The van der Waals surface area contributed by atoms with Gasteiger partial charge in [-0.15, -0.1) is 0 Å². The van der Waals surface area contributed by atoms with Crippen LogP contribution in [0.1, 0.15) is 37.0 Å². The highest BCUT2D eigenvalue weighted by Gasteiger charge is 2.26. The molecule has 2 rings (SSSR count). The molecule has 0 spiro atoms. The number of hydrogen-bond donors (Lipinski definition) is 1. The Kier molecular flexibility index (Phi) is 2.54. The predicted octanol–water partition coefficient (Wildman–Crippen LogP) is 3.00. The lowest BCUT2D eigenvalue weighted by Gasteiger charge is -2.11. The summed E-state index contributed by atoms with van der Waals surface area (Å²) in [5.74, 6) is 1.28. The maximum atomic E-state index is 9.67. The maximum absolute atomic E-state index is 9.67. The molecular weight excluding hydrogens is 244 g/mol. The Morgan fingerprint density at radius 2 is 2.21 bits per heavy atom. The molecule has 0 radical (unpaired) electrons. The minimum atomic E-state index is -0.472. The van der Waals surface area contributed by atoms with Crippen LogP contribution in [0.2, 0.25) is 0 Å². The molecule has 0 aromatic heterocycles. The summed E-state index contributed by atoms with van der Waals surface area (Å²) in [5, 5.41) is 9.67. The summed E-state index contributed by atoms with van der Waals surface area (Å²) in [7, 11) is 0. The molecule has 0 fully saturated rings. The molecule has 1 heterocycles. The molecule has 1 atom stereocenters. The van der Waals surface area contributed by atoms with E-state index in [1.807, 2.05) is 6.07 Å². The molecule has 0 aliphatic carbocycles. The molecule has 1 aliphatic heterocycles. The molecule has 3 heteroatoms. The van der Waals surface area contributed by atoms with Crippen LogP contribution in [0.5, 0.6) is 5.75 Å². The van der Waals surface area contributed by atoms with Crippen molar-refractivity contribution in [2.24, 2.45) is 0 Å². The fraction of sp³-hybridized carbons (Fsp3) is 0.455. The Morgan fingerprint density at radius 3 is 2.86 bits per heavy atom. The van der Waals surface area contributed by atoms with Crippen LogP contribution in [0.4, 0.5) is 0 Å². The number of aliphatic hydroxyl groups is 1. The smallest absolute Gasteiger partial charge is 0.128 e. The minimum absolute atomic E-state index is 0.380. The van der Waals surface area contributed by atoms with Crippen LogP contribution >= 0.6 is 15.9 Å². The highest BCUT2D eigenvalue weighted by molar-refractivity contribution is 9.10. The summed E-state index contributed by atoms with van der Waals surface area (Å²) >= 11 is 3.44. The third-order valence-electron chi connectivity index (χ3n) is 2.48. The van der Waals surface area contributed by atoms with Crippen molar-refractivity contribution in [1.82, 2.24) is 0 Å². The lowest BCUT2D eigenvalue weighted by molar-refractivity contribution is 0.140. The van der Waals surface area contributed by atoms with E-state index in [1.54, 1.807) is 0 Å². The van der Waals surface area contributed by atoms with Gasteiger partial charge in [-0.05, 0) is 23.6 Å². The van der Waals surface area contributed by atoms with E-state index < -0.39 is 6.10 Å². The third-order valence-corrected chi connectivity index (χ3v) is 2.94. The minimum Gasteiger partial charge on any atom is -0.490 e. The highest BCUT2D eigenvalue weighted by Crippen LogP contribution is 2.40. The lowest BCUT2D eigenvalue weighted by atomic mass is 9.98. The number of fused-ring (bicyclic) bond motifs is 1. The molecule has 76 valence electrons. The number of benzene rings is 1. The van der Waals surface area contributed by atoms with Gasteiger partial charge in [-0.25, -0.2) is 0 Å². The van der Waals surface area contributed by atoms with Crippen molar-refractivity contribution < 1.29 is 9.84 Å². The molecule has 0 saturated heterocycles. The SMILES string of the molecule is CC(C)c1cc(Br)cc2c1OCC2O. The van der Waals surface area contributed by atoms with Crippen molar-refractivity contribution >= 4 is 15.9 Å². The summed E-state index contributed by atoms with van der Waals surface area (Å²) in [6.45, 7) is 4.62. The molecule has 0 bridgehead atoms. The second-order valence-electron chi connectivity index (χ2n) is 3.89. The van der Waals surface area contributed by atoms with Gasteiger partial charge in [-0.2, -0.15) is 0 Å². The van der Waals surface area contributed by atoms with Crippen LogP contribution in [0.3, 0.4) is 0 Å². The van der Waals surface area contributed by atoms with Gasteiger partial charge in [0.05, 0.1) is 0 Å². The van der Waals surface area contributed by atoms with Gasteiger partial charge >= 0.3 is 0 Å². The van der Waals surface area contributed by atoms with E-state index in [0.29, 0.717) is 12.5 Å². The molecule has 1 aromatic rings. The molecule has 1 aromatic carbocycles. The van der Waals surface area contributed by atoms with Crippen molar-refractivity contribution in [3.05, 3.63) is 27.7 Å². The Balaban J connectivity index is 2.57. The zero-order valence-electron chi connectivity index (χ0n) is 8.25. The van der Waals surface area contributed by atoms with Gasteiger partial charge in [-0.1, -0.05) is 29.8 Å². The van der Waals surface area contributed by atoms with E-state index in [9.17, 15) is 5.11 Å². The van der Waals surface area contributed by atoms with Crippen LogP contribution in [-0.2, 0) is 0 Å². The lowest BCUT2D eigenvalue weighted by Crippen LogP contribution is -1.97. The Hall–Kier alpha value is -0.540. The Bertz CT molecular complexity index is 361. The van der Waals surface area contributed by atoms with Crippen LogP contribution in [0, 0.1) is 0 Å². The Labute approximate surface area is 92.0 Å². The normalized spacial score (nSPS) is 19.6. The van der Waals surface area contributed by atoms with Gasteiger partial charge in [-0.3, -0.25) is 0 Å².